The maximum atomic E-state index is 14.0. The molecule has 2 aromatic rings. The van der Waals surface area contributed by atoms with Crippen LogP contribution in [-0.4, -0.2) is 51.2 Å². The van der Waals surface area contributed by atoms with E-state index in [0.29, 0.717) is 49.8 Å². The fraction of sp³-hybridized carbons (Fsp3) is 0.381. The molecule has 5 nitrogen and oxygen atoms in total. The summed E-state index contributed by atoms with van der Waals surface area (Å²) in [5.74, 6) is 1.12. The highest BCUT2D eigenvalue weighted by molar-refractivity contribution is 5.80. The first kappa shape index (κ1) is 19.0. The van der Waals surface area contributed by atoms with Crippen LogP contribution in [0.25, 0.3) is 0 Å². The molecule has 0 spiro atoms. The molecule has 27 heavy (non-hydrogen) atoms. The van der Waals surface area contributed by atoms with Crippen LogP contribution in [0.3, 0.4) is 0 Å². The minimum atomic E-state index is -0.224. The molecule has 0 bridgehead atoms. The molecule has 1 fully saturated rings. The summed E-state index contributed by atoms with van der Waals surface area (Å²) >= 11 is 0. The first-order valence-electron chi connectivity index (χ1n) is 9.02. The minimum Gasteiger partial charge on any atom is -0.493 e. The maximum Gasteiger partial charge on any atom is 0.227 e. The van der Waals surface area contributed by atoms with E-state index in [1.165, 1.54) is 6.07 Å². The highest BCUT2D eigenvalue weighted by Crippen LogP contribution is 2.30. The normalized spacial score (nSPS) is 14.2. The van der Waals surface area contributed by atoms with E-state index in [-0.39, 0.29) is 11.7 Å². The molecule has 1 aliphatic heterocycles. The second kappa shape index (κ2) is 8.29. The Morgan fingerprint density at radius 3 is 2.30 bits per heavy atom. The zero-order chi connectivity index (χ0) is 19.4. The lowest BCUT2D eigenvalue weighted by Gasteiger charge is -2.36. The van der Waals surface area contributed by atoms with Crippen molar-refractivity contribution in [3.05, 3.63) is 53.3 Å². The van der Waals surface area contributed by atoms with Crippen LogP contribution in [0.5, 0.6) is 11.5 Å². The van der Waals surface area contributed by atoms with Crippen molar-refractivity contribution in [3.8, 4) is 11.5 Å². The largest absolute Gasteiger partial charge is 0.493 e. The van der Waals surface area contributed by atoms with Gasteiger partial charge in [-0.15, -0.1) is 0 Å². The van der Waals surface area contributed by atoms with E-state index in [1.54, 1.807) is 26.4 Å². The summed E-state index contributed by atoms with van der Waals surface area (Å²) in [4.78, 5) is 16.6. The topological polar surface area (TPSA) is 42.0 Å². The predicted molar refractivity (Wildman–Crippen MR) is 103 cm³/mol. The molecule has 0 unspecified atom stereocenters. The van der Waals surface area contributed by atoms with Crippen molar-refractivity contribution in [2.75, 3.05) is 45.3 Å². The maximum absolute atomic E-state index is 14.0. The molecule has 3 rings (SSSR count). The summed E-state index contributed by atoms with van der Waals surface area (Å²) in [5.41, 5.74) is 2.51. The van der Waals surface area contributed by atoms with Crippen LogP contribution in [0, 0.1) is 12.7 Å². The molecule has 1 aliphatic rings. The average molecular weight is 372 g/mol. The Morgan fingerprint density at radius 2 is 1.67 bits per heavy atom. The number of ether oxygens (including phenoxy) is 2. The zero-order valence-corrected chi connectivity index (χ0v) is 16.0. The Labute approximate surface area is 159 Å². The molecular formula is C21H25FN2O3. The third kappa shape index (κ3) is 4.15. The Hall–Kier alpha value is -2.76. The molecule has 1 heterocycles. The summed E-state index contributed by atoms with van der Waals surface area (Å²) in [7, 11) is 3.18. The fourth-order valence-corrected chi connectivity index (χ4v) is 3.39. The van der Waals surface area contributed by atoms with Crippen molar-refractivity contribution < 1.29 is 18.7 Å². The number of nitrogens with zero attached hydrogens (tertiary/aromatic N) is 2. The predicted octanol–water partition coefficient (Wildman–Crippen LogP) is 3.04. The van der Waals surface area contributed by atoms with Crippen LogP contribution >= 0.6 is 0 Å². The van der Waals surface area contributed by atoms with E-state index >= 15 is 0 Å². The van der Waals surface area contributed by atoms with E-state index in [2.05, 4.69) is 0 Å². The highest BCUT2D eigenvalue weighted by atomic mass is 19.1. The molecule has 144 valence electrons. The van der Waals surface area contributed by atoms with Gasteiger partial charge in [0.1, 0.15) is 5.82 Å². The van der Waals surface area contributed by atoms with E-state index in [4.69, 9.17) is 9.47 Å². The molecule has 0 radical (unpaired) electrons. The van der Waals surface area contributed by atoms with Crippen LogP contribution in [0.1, 0.15) is 11.1 Å². The molecule has 1 saturated heterocycles. The number of carbonyl (C=O) groups excluding carboxylic acids is 1. The lowest BCUT2D eigenvalue weighted by molar-refractivity contribution is -0.130. The molecule has 0 aliphatic carbocycles. The Bertz CT molecular complexity index is 817. The third-order valence-corrected chi connectivity index (χ3v) is 5.01. The number of hydrogen-bond acceptors (Lipinski definition) is 4. The SMILES string of the molecule is COc1cc(C)c(CC(=O)N2CCN(c3ccccc3F)CC2)cc1OC. The number of piperazine rings is 1. The number of amides is 1. The smallest absolute Gasteiger partial charge is 0.227 e. The Balaban J connectivity index is 1.64. The van der Waals surface area contributed by atoms with Gasteiger partial charge in [-0.25, -0.2) is 4.39 Å². The number of aryl methyl sites for hydroxylation is 1. The van der Waals surface area contributed by atoms with E-state index in [1.807, 2.05) is 34.9 Å². The van der Waals surface area contributed by atoms with Crippen LogP contribution < -0.4 is 14.4 Å². The van der Waals surface area contributed by atoms with Gasteiger partial charge >= 0.3 is 0 Å². The fourth-order valence-electron chi connectivity index (χ4n) is 3.39. The second-order valence-electron chi connectivity index (χ2n) is 6.63. The van der Waals surface area contributed by atoms with Gasteiger partial charge in [0, 0.05) is 26.2 Å². The summed E-state index contributed by atoms with van der Waals surface area (Å²) in [6.07, 6.45) is 0.311. The van der Waals surface area contributed by atoms with Gasteiger partial charge in [0.25, 0.3) is 0 Å². The molecule has 1 amide bonds. The van der Waals surface area contributed by atoms with Gasteiger partial charge in [-0.2, -0.15) is 0 Å². The van der Waals surface area contributed by atoms with Crippen LogP contribution in [-0.2, 0) is 11.2 Å². The Morgan fingerprint density at radius 1 is 1.04 bits per heavy atom. The van der Waals surface area contributed by atoms with Gasteiger partial charge in [-0.05, 0) is 42.3 Å². The quantitative estimate of drug-likeness (QED) is 0.809. The standard InChI is InChI=1S/C21H25FN2O3/c1-15-12-19(26-2)20(27-3)13-16(15)14-21(25)24-10-8-23(9-11-24)18-7-5-4-6-17(18)22/h4-7,12-13H,8-11,14H2,1-3H3. The van der Waals surface area contributed by atoms with Gasteiger partial charge in [0.05, 0.1) is 26.3 Å². The van der Waals surface area contributed by atoms with Crippen molar-refractivity contribution >= 4 is 11.6 Å². The first-order valence-corrected chi connectivity index (χ1v) is 9.02. The zero-order valence-electron chi connectivity index (χ0n) is 16.0. The first-order chi connectivity index (χ1) is 13.0. The van der Waals surface area contributed by atoms with E-state index in [9.17, 15) is 9.18 Å². The number of rotatable bonds is 5. The van der Waals surface area contributed by atoms with Crippen molar-refractivity contribution in [2.24, 2.45) is 0 Å². The van der Waals surface area contributed by atoms with Gasteiger partial charge in [-0.3, -0.25) is 4.79 Å². The van der Waals surface area contributed by atoms with Gasteiger partial charge in [-0.1, -0.05) is 12.1 Å². The molecule has 0 saturated carbocycles. The van der Waals surface area contributed by atoms with E-state index in [0.717, 1.165) is 11.1 Å². The lowest BCUT2D eigenvalue weighted by atomic mass is 10.0. The van der Waals surface area contributed by atoms with Crippen molar-refractivity contribution in [1.29, 1.82) is 0 Å². The monoisotopic (exact) mass is 372 g/mol. The molecule has 0 N–H and O–H groups in total. The van der Waals surface area contributed by atoms with E-state index < -0.39 is 0 Å². The summed E-state index contributed by atoms with van der Waals surface area (Å²) < 4.78 is 24.6. The number of para-hydroxylation sites is 1. The lowest BCUT2D eigenvalue weighted by Crippen LogP contribution is -2.49. The number of carbonyl (C=O) groups is 1. The van der Waals surface area contributed by atoms with Crippen molar-refractivity contribution in [2.45, 2.75) is 13.3 Å². The molecular weight excluding hydrogens is 347 g/mol. The third-order valence-electron chi connectivity index (χ3n) is 5.01. The van der Waals surface area contributed by atoms with Gasteiger partial charge in [0.2, 0.25) is 5.91 Å². The molecule has 0 atom stereocenters. The van der Waals surface area contributed by atoms with Crippen LogP contribution in [0.15, 0.2) is 36.4 Å². The molecule has 6 heteroatoms. The number of benzene rings is 2. The molecule has 0 aromatic heterocycles. The van der Waals surface area contributed by atoms with Crippen molar-refractivity contribution in [1.82, 2.24) is 4.90 Å². The Kier molecular flexibility index (Phi) is 5.84. The summed E-state index contributed by atoms with van der Waals surface area (Å²) in [6.45, 7) is 4.37. The second-order valence-corrected chi connectivity index (χ2v) is 6.63. The highest BCUT2D eigenvalue weighted by Gasteiger charge is 2.23. The van der Waals surface area contributed by atoms with Crippen LogP contribution in [0.4, 0.5) is 10.1 Å². The minimum absolute atomic E-state index is 0.0681. The van der Waals surface area contributed by atoms with Gasteiger partial charge < -0.3 is 19.3 Å². The van der Waals surface area contributed by atoms with Gasteiger partial charge in [0.15, 0.2) is 11.5 Å². The van der Waals surface area contributed by atoms with Crippen molar-refractivity contribution in [3.63, 3.8) is 0 Å². The summed E-state index contributed by atoms with van der Waals surface area (Å²) in [5, 5.41) is 0. The summed E-state index contributed by atoms with van der Waals surface area (Å²) in [6, 6.07) is 10.5. The average Bonchev–Trinajstić information content (AvgIpc) is 2.69. The number of halogens is 1. The number of methoxy groups -OCH3 is 2. The molecule has 2 aromatic carbocycles. The number of hydrogen-bond donors (Lipinski definition) is 0. The number of anilines is 1. The van der Waals surface area contributed by atoms with Crippen LogP contribution in [0.2, 0.25) is 0 Å².